The lowest BCUT2D eigenvalue weighted by molar-refractivity contribution is -0.117. The summed E-state index contributed by atoms with van der Waals surface area (Å²) in [6.07, 6.45) is 0.322. The molecule has 3 nitrogen and oxygen atoms in total. The van der Waals surface area contributed by atoms with Gasteiger partial charge in [0.1, 0.15) is 5.82 Å². The second kappa shape index (κ2) is 3.90. The Hall–Kier alpha value is -0.940. The van der Waals surface area contributed by atoms with Crippen molar-refractivity contribution in [2.45, 2.75) is 12.5 Å². The van der Waals surface area contributed by atoms with Crippen LogP contribution in [0.4, 0.5) is 10.1 Å². The molecule has 80 valence electrons. The van der Waals surface area contributed by atoms with E-state index >= 15 is 0 Å². The molecule has 1 amide bonds. The number of carbonyl (C=O) groups is 1. The molecule has 2 rings (SSSR count). The molecule has 0 saturated carbocycles. The van der Waals surface area contributed by atoms with E-state index in [1.54, 1.807) is 6.07 Å². The zero-order valence-corrected chi connectivity index (χ0v) is 9.50. The van der Waals surface area contributed by atoms with Gasteiger partial charge in [0, 0.05) is 23.5 Å². The predicted octanol–water partition coefficient (Wildman–Crippen LogP) is 1.65. The number of nitrogens with two attached hydrogens (primary N) is 1. The first kappa shape index (κ1) is 10.6. The summed E-state index contributed by atoms with van der Waals surface area (Å²) in [5.41, 5.74) is 6.22. The van der Waals surface area contributed by atoms with Crippen molar-refractivity contribution in [2.75, 3.05) is 11.4 Å². The minimum Gasteiger partial charge on any atom is -0.326 e. The van der Waals surface area contributed by atoms with Gasteiger partial charge in [0.05, 0.1) is 5.69 Å². The van der Waals surface area contributed by atoms with Crippen molar-refractivity contribution in [1.82, 2.24) is 0 Å². The smallest absolute Gasteiger partial charge is 0.228 e. The van der Waals surface area contributed by atoms with Crippen LogP contribution in [0.3, 0.4) is 0 Å². The van der Waals surface area contributed by atoms with Crippen molar-refractivity contribution in [3.8, 4) is 0 Å². The van der Waals surface area contributed by atoms with E-state index in [-0.39, 0.29) is 17.8 Å². The van der Waals surface area contributed by atoms with Crippen molar-refractivity contribution in [3.63, 3.8) is 0 Å². The minimum absolute atomic E-state index is 0.0613. The van der Waals surface area contributed by atoms with Crippen molar-refractivity contribution in [2.24, 2.45) is 5.73 Å². The lowest BCUT2D eigenvalue weighted by Crippen LogP contribution is -2.28. The van der Waals surface area contributed by atoms with E-state index in [9.17, 15) is 9.18 Å². The van der Waals surface area contributed by atoms with Crippen molar-refractivity contribution in [1.29, 1.82) is 0 Å². The molecule has 1 atom stereocenters. The van der Waals surface area contributed by atoms with E-state index in [0.29, 0.717) is 23.1 Å². The van der Waals surface area contributed by atoms with Gasteiger partial charge in [0.2, 0.25) is 5.91 Å². The van der Waals surface area contributed by atoms with Gasteiger partial charge in [-0.1, -0.05) is 0 Å². The number of halogens is 2. The van der Waals surface area contributed by atoms with Gasteiger partial charge in [0.15, 0.2) is 0 Å². The molecule has 1 fully saturated rings. The number of rotatable bonds is 1. The van der Waals surface area contributed by atoms with Crippen LogP contribution in [-0.4, -0.2) is 18.5 Å². The van der Waals surface area contributed by atoms with Crippen LogP contribution in [-0.2, 0) is 4.79 Å². The van der Waals surface area contributed by atoms with Crippen LogP contribution in [0.5, 0.6) is 0 Å². The average Bonchev–Trinajstić information content (AvgIpc) is 2.50. The average molecular weight is 273 g/mol. The molecule has 0 bridgehead atoms. The third-order valence-corrected chi connectivity index (χ3v) is 3.02. The van der Waals surface area contributed by atoms with E-state index < -0.39 is 0 Å². The van der Waals surface area contributed by atoms with E-state index in [4.69, 9.17) is 5.73 Å². The third-order valence-electron chi connectivity index (χ3n) is 2.35. The Morgan fingerprint density at radius 1 is 1.53 bits per heavy atom. The van der Waals surface area contributed by atoms with Crippen molar-refractivity contribution in [3.05, 3.63) is 28.5 Å². The standard InChI is InChI=1S/C10H10BrFN2O/c11-8-2-1-6(12)3-9(8)14-5-7(13)4-10(14)15/h1-3,7H,4-5,13H2. The molecule has 1 saturated heterocycles. The molecular formula is C10H10BrFN2O. The summed E-state index contributed by atoms with van der Waals surface area (Å²) in [5.74, 6) is -0.421. The van der Waals surface area contributed by atoms with E-state index in [2.05, 4.69) is 15.9 Å². The highest BCUT2D eigenvalue weighted by molar-refractivity contribution is 9.10. The summed E-state index contributed by atoms with van der Waals surface area (Å²) in [7, 11) is 0. The van der Waals surface area contributed by atoms with Gasteiger partial charge in [-0.3, -0.25) is 4.79 Å². The molecule has 1 heterocycles. The molecule has 15 heavy (non-hydrogen) atoms. The van der Waals surface area contributed by atoms with Gasteiger partial charge in [0.25, 0.3) is 0 Å². The van der Waals surface area contributed by atoms with Gasteiger partial charge in [-0.15, -0.1) is 0 Å². The molecule has 0 aromatic heterocycles. The minimum atomic E-state index is -0.360. The predicted molar refractivity (Wildman–Crippen MR) is 59.0 cm³/mol. The van der Waals surface area contributed by atoms with Gasteiger partial charge in [-0.2, -0.15) is 0 Å². The van der Waals surface area contributed by atoms with E-state index in [1.165, 1.54) is 17.0 Å². The molecule has 1 unspecified atom stereocenters. The number of anilines is 1. The molecule has 1 aromatic carbocycles. The third kappa shape index (κ3) is 2.03. The van der Waals surface area contributed by atoms with Crippen LogP contribution in [0.2, 0.25) is 0 Å². The second-order valence-corrected chi connectivity index (χ2v) is 4.42. The number of hydrogen-bond acceptors (Lipinski definition) is 2. The van der Waals surface area contributed by atoms with Crippen LogP contribution in [0.15, 0.2) is 22.7 Å². The molecule has 0 radical (unpaired) electrons. The largest absolute Gasteiger partial charge is 0.326 e. The topological polar surface area (TPSA) is 46.3 Å². The first-order valence-corrected chi connectivity index (χ1v) is 5.38. The summed E-state index contributed by atoms with van der Waals surface area (Å²) in [6.45, 7) is 0.445. The Balaban J connectivity index is 2.37. The number of nitrogens with zero attached hydrogens (tertiary/aromatic N) is 1. The molecule has 5 heteroatoms. The Morgan fingerprint density at radius 3 is 2.87 bits per heavy atom. The Bertz CT molecular complexity index is 410. The number of carbonyl (C=O) groups excluding carboxylic acids is 1. The van der Waals surface area contributed by atoms with Crippen molar-refractivity contribution < 1.29 is 9.18 Å². The van der Waals surface area contributed by atoms with Gasteiger partial charge in [-0.25, -0.2) is 4.39 Å². The second-order valence-electron chi connectivity index (χ2n) is 3.56. The maximum absolute atomic E-state index is 13.0. The highest BCUT2D eigenvalue weighted by Crippen LogP contribution is 2.29. The van der Waals surface area contributed by atoms with Crippen molar-refractivity contribution >= 4 is 27.5 Å². The Labute approximate surface area is 95.2 Å². The maximum Gasteiger partial charge on any atom is 0.228 e. The quantitative estimate of drug-likeness (QED) is 0.845. The lowest BCUT2D eigenvalue weighted by Gasteiger charge is -2.17. The number of amides is 1. The molecule has 2 N–H and O–H groups in total. The lowest BCUT2D eigenvalue weighted by atomic mass is 10.3. The summed E-state index contributed by atoms with van der Waals surface area (Å²) < 4.78 is 13.7. The maximum atomic E-state index is 13.0. The van der Waals surface area contributed by atoms with Crippen LogP contribution in [0.1, 0.15) is 6.42 Å². The molecule has 1 aliphatic rings. The normalized spacial score (nSPS) is 21.1. The van der Waals surface area contributed by atoms with Crippen LogP contribution >= 0.6 is 15.9 Å². The molecular weight excluding hydrogens is 263 g/mol. The van der Waals surface area contributed by atoms with Gasteiger partial charge < -0.3 is 10.6 Å². The van der Waals surface area contributed by atoms with Gasteiger partial charge in [-0.05, 0) is 34.1 Å². The zero-order chi connectivity index (χ0) is 11.0. The fraction of sp³-hybridized carbons (Fsp3) is 0.300. The summed E-state index contributed by atoms with van der Waals surface area (Å²) in [6, 6.07) is 4.10. The molecule has 0 spiro atoms. The van der Waals surface area contributed by atoms with E-state index in [1.807, 2.05) is 0 Å². The molecule has 0 aliphatic carbocycles. The molecule has 1 aromatic rings. The highest BCUT2D eigenvalue weighted by atomic mass is 79.9. The summed E-state index contributed by atoms with van der Waals surface area (Å²) in [4.78, 5) is 13.1. The zero-order valence-electron chi connectivity index (χ0n) is 7.91. The monoisotopic (exact) mass is 272 g/mol. The number of benzene rings is 1. The summed E-state index contributed by atoms with van der Waals surface area (Å²) >= 11 is 3.29. The number of hydrogen-bond donors (Lipinski definition) is 1. The Morgan fingerprint density at radius 2 is 2.27 bits per heavy atom. The summed E-state index contributed by atoms with van der Waals surface area (Å²) in [5, 5.41) is 0. The first-order valence-electron chi connectivity index (χ1n) is 4.59. The SMILES string of the molecule is NC1CC(=O)N(c2cc(F)ccc2Br)C1. The fourth-order valence-corrected chi connectivity index (χ4v) is 2.12. The molecule has 1 aliphatic heterocycles. The highest BCUT2D eigenvalue weighted by Gasteiger charge is 2.29. The first-order chi connectivity index (χ1) is 7.08. The van der Waals surface area contributed by atoms with Gasteiger partial charge >= 0.3 is 0 Å². The Kier molecular flexibility index (Phi) is 2.75. The van der Waals surface area contributed by atoms with Crippen LogP contribution < -0.4 is 10.6 Å². The van der Waals surface area contributed by atoms with Crippen LogP contribution in [0.25, 0.3) is 0 Å². The fourth-order valence-electron chi connectivity index (χ4n) is 1.66. The van der Waals surface area contributed by atoms with Crippen LogP contribution in [0, 0.1) is 5.82 Å². The van der Waals surface area contributed by atoms with E-state index in [0.717, 1.165) is 0 Å².